The zero-order chi connectivity index (χ0) is 12.0. The SMILES string of the molecule is C/C(=N\NC(N)=O)C(O)Cc1ccccc1. The third-order valence-corrected chi connectivity index (χ3v) is 2.10. The Hall–Kier alpha value is -1.88. The normalized spacial score (nSPS) is 13.2. The number of amides is 2. The molecule has 5 heteroatoms. The first kappa shape index (κ1) is 12.2. The Morgan fingerprint density at radius 3 is 2.69 bits per heavy atom. The molecule has 2 amide bonds. The van der Waals surface area contributed by atoms with Crippen molar-refractivity contribution in [3.05, 3.63) is 35.9 Å². The van der Waals surface area contributed by atoms with E-state index in [1.54, 1.807) is 6.92 Å². The fourth-order valence-electron chi connectivity index (χ4n) is 1.20. The Kier molecular flexibility index (Phi) is 4.47. The van der Waals surface area contributed by atoms with Crippen molar-refractivity contribution >= 4 is 11.7 Å². The zero-order valence-corrected chi connectivity index (χ0v) is 9.05. The van der Waals surface area contributed by atoms with Crippen LogP contribution in [-0.2, 0) is 6.42 Å². The van der Waals surface area contributed by atoms with Gasteiger partial charge in [-0.1, -0.05) is 30.3 Å². The van der Waals surface area contributed by atoms with Crippen LogP contribution < -0.4 is 11.2 Å². The Balaban J connectivity index is 2.55. The summed E-state index contributed by atoms with van der Waals surface area (Å²) in [5, 5.41) is 13.4. The highest BCUT2D eigenvalue weighted by Gasteiger charge is 2.09. The number of nitrogens with one attached hydrogen (secondary N) is 1. The fraction of sp³-hybridized carbons (Fsp3) is 0.273. The number of aliphatic hydroxyl groups excluding tert-OH is 1. The summed E-state index contributed by atoms with van der Waals surface area (Å²) in [5.41, 5.74) is 8.36. The first-order valence-corrected chi connectivity index (χ1v) is 4.91. The molecule has 0 bridgehead atoms. The highest BCUT2D eigenvalue weighted by atomic mass is 16.3. The van der Waals surface area contributed by atoms with Gasteiger partial charge in [-0.25, -0.2) is 10.2 Å². The largest absolute Gasteiger partial charge is 0.387 e. The number of carbonyl (C=O) groups excluding carboxylic acids is 1. The smallest absolute Gasteiger partial charge is 0.332 e. The number of nitrogens with two attached hydrogens (primary N) is 1. The summed E-state index contributed by atoms with van der Waals surface area (Å²) in [4.78, 5) is 10.4. The van der Waals surface area contributed by atoms with Gasteiger partial charge in [-0.05, 0) is 12.5 Å². The molecule has 5 nitrogen and oxygen atoms in total. The van der Waals surface area contributed by atoms with Crippen molar-refractivity contribution in [2.75, 3.05) is 0 Å². The predicted octanol–water partition coefficient (Wildman–Crippen LogP) is 0.634. The Morgan fingerprint density at radius 2 is 2.12 bits per heavy atom. The summed E-state index contributed by atoms with van der Waals surface area (Å²) in [6.45, 7) is 1.63. The molecule has 0 fully saturated rings. The van der Waals surface area contributed by atoms with E-state index in [2.05, 4.69) is 10.5 Å². The van der Waals surface area contributed by atoms with E-state index in [9.17, 15) is 9.90 Å². The molecule has 1 unspecified atom stereocenters. The fourth-order valence-corrected chi connectivity index (χ4v) is 1.20. The van der Waals surface area contributed by atoms with Gasteiger partial charge in [0.05, 0.1) is 11.8 Å². The lowest BCUT2D eigenvalue weighted by atomic mass is 10.1. The summed E-state index contributed by atoms with van der Waals surface area (Å²) in [6, 6.07) is 8.79. The number of hydrogen-bond acceptors (Lipinski definition) is 3. The van der Waals surface area contributed by atoms with Crippen molar-refractivity contribution in [3.8, 4) is 0 Å². The minimum atomic E-state index is -0.744. The van der Waals surface area contributed by atoms with Gasteiger partial charge in [-0.15, -0.1) is 0 Å². The second-order valence-corrected chi connectivity index (χ2v) is 3.43. The molecule has 16 heavy (non-hydrogen) atoms. The summed E-state index contributed by atoms with van der Waals surface area (Å²) < 4.78 is 0. The van der Waals surface area contributed by atoms with Gasteiger partial charge in [0.2, 0.25) is 0 Å². The Morgan fingerprint density at radius 1 is 1.50 bits per heavy atom. The number of rotatable bonds is 4. The van der Waals surface area contributed by atoms with Gasteiger partial charge in [0.15, 0.2) is 0 Å². The summed E-state index contributed by atoms with van der Waals surface area (Å²) >= 11 is 0. The minimum absolute atomic E-state index is 0.419. The average Bonchev–Trinajstić information content (AvgIpc) is 2.27. The first-order valence-electron chi connectivity index (χ1n) is 4.91. The number of hydrazone groups is 1. The molecule has 1 atom stereocenters. The molecule has 0 radical (unpaired) electrons. The van der Waals surface area contributed by atoms with Gasteiger partial charge < -0.3 is 10.8 Å². The maximum absolute atomic E-state index is 10.4. The van der Waals surface area contributed by atoms with Crippen molar-refractivity contribution in [3.63, 3.8) is 0 Å². The summed E-state index contributed by atoms with van der Waals surface area (Å²) in [7, 11) is 0. The van der Waals surface area contributed by atoms with Crippen LogP contribution in [0.5, 0.6) is 0 Å². The van der Waals surface area contributed by atoms with E-state index in [0.717, 1.165) is 5.56 Å². The number of carbonyl (C=O) groups is 1. The molecule has 0 heterocycles. The molecule has 1 aromatic rings. The standard InChI is InChI=1S/C11H15N3O2/c1-8(13-14-11(12)16)10(15)7-9-5-3-2-4-6-9/h2-6,10,15H,7H2,1H3,(H3,12,14,16)/b13-8+. The van der Waals surface area contributed by atoms with Gasteiger partial charge in [0, 0.05) is 6.42 Å². The third kappa shape index (κ3) is 4.10. The molecule has 0 aromatic heterocycles. The molecule has 86 valence electrons. The molecule has 0 saturated carbocycles. The molecule has 1 rings (SSSR count). The topological polar surface area (TPSA) is 87.7 Å². The Labute approximate surface area is 94.0 Å². The third-order valence-electron chi connectivity index (χ3n) is 2.10. The van der Waals surface area contributed by atoms with Crippen molar-refractivity contribution in [1.29, 1.82) is 0 Å². The van der Waals surface area contributed by atoms with E-state index in [1.165, 1.54) is 0 Å². The quantitative estimate of drug-likeness (QED) is 0.514. The highest BCUT2D eigenvalue weighted by molar-refractivity contribution is 5.87. The number of urea groups is 1. The average molecular weight is 221 g/mol. The molecule has 0 aliphatic heterocycles. The molecule has 0 aliphatic rings. The van der Waals surface area contributed by atoms with Crippen LogP contribution in [0.15, 0.2) is 35.4 Å². The van der Waals surface area contributed by atoms with Gasteiger partial charge in [0.1, 0.15) is 0 Å². The molecular formula is C11H15N3O2. The van der Waals surface area contributed by atoms with Gasteiger partial charge in [-0.3, -0.25) is 0 Å². The minimum Gasteiger partial charge on any atom is -0.387 e. The maximum Gasteiger partial charge on any atom is 0.332 e. The maximum atomic E-state index is 10.4. The van der Waals surface area contributed by atoms with Crippen LogP contribution in [0.4, 0.5) is 4.79 Å². The van der Waals surface area contributed by atoms with Crippen LogP contribution in [0.25, 0.3) is 0 Å². The number of hydrogen-bond donors (Lipinski definition) is 3. The second-order valence-electron chi connectivity index (χ2n) is 3.43. The lowest BCUT2D eigenvalue weighted by Crippen LogP contribution is -2.29. The van der Waals surface area contributed by atoms with E-state index in [-0.39, 0.29) is 0 Å². The van der Waals surface area contributed by atoms with Crippen LogP contribution in [0.3, 0.4) is 0 Å². The number of nitrogens with zero attached hydrogens (tertiary/aromatic N) is 1. The summed E-state index contributed by atoms with van der Waals surface area (Å²) in [6.07, 6.45) is -0.273. The molecular weight excluding hydrogens is 206 g/mol. The predicted molar refractivity (Wildman–Crippen MR) is 62.0 cm³/mol. The lowest BCUT2D eigenvalue weighted by Gasteiger charge is -2.09. The zero-order valence-electron chi connectivity index (χ0n) is 9.05. The van der Waals surface area contributed by atoms with Gasteiger partial charge >= 0.3 is 6.03 Å². The molecule has 1 aromatic carbocycles. The van der Waals surface area contributed by atoms with Crippen LogP contribution >= 0.6 is 0 Å². The van der Waals surface area contributed by atoms with E-state index in [0.29, 0.717) is 12.1 Å². The monoisotopic (exact) mass is 221 g/mol. The van der Waals surface area contributed by atoms with Crippen LogP contribution in [0.1, 0.15) is 12.5 Å². The molecule has 0 aliphatic carbocycles. The molecule has 0 spiro atoms. The van der Waals surface area contributed by atoms with Gasteiger partial charge in [-0.2, -0.15) is 5.10 Å². The second kappa shape index (κ2) is 5.87. The van der Waals surface area contributed by atoms with Crippen molar-refractivity contribution in [2.24, 2.45) is 10.8 Å². The van der Waals surface area contributed by atoms with E-state index in [4.69, 9.17) is 5.73 Å². The van der Waals surface area contributed by atoms with E-state index >= 15 is 0 Å². The van der Waals surface area contributed by atoms with Crippen LogP contribution in [0.2, 0.25) is 0 Å². The van der Waals surface area contributed by atoms with Crippen molar-refractivity contribution < 1.29 is 9.90 Å². The van der Waals surface area contributed by atoms with Gasteiger partial charge in [0.25, 0.3) is 0 Å². The van der Waals surface area contributed by atoms with Crippen molar-refractivity contribution in [1.82, 2.24) is 5.43 Å². The summed E-state index contributed by atoms with van der Waals surface area (Å²) in [5.74, 6) is 0. The van der Waals surface area contributed by atoms with E-state index in [1.807, 2.05) is 30.3 Å². The number of benzene rings is 1. The first-order chi connectivity index (χ1) is 7.59. The lowest BCUT2D eigenvalue weighted by molar-refractivity contribution is 0.239. The number of primary amides is 1. The number of aliphatic hydroxyl groups is 1. The van der Waals surface area contributed by atoms with E-state index < -0.39 is 12.1 Å². The van der Waals surface area contributed by atoms with Crippen molar-refractivity contribution in [2.45, 2.75) is 19.4 Å². The Bertz CT molecular complexity index is 376. The van der Waals surface area contributed by atoms with Crippen LogP contribution in [-0.4, -0.2) is 23.0 Å². The molecule has 0 saturated heterocycles. The van der Waals surface area contributed by atoms with Crippen LogP contribution in [0, 0.1) is 0 Å². The highest BCUT2D eigenvalue weighted by Crippen LogP contribution is 2.04. The molecule has 4 N–H and O–H groups in total.